The van der Waals surface area contributed by atoms with Gasteiger partial charge in [-0.05, 0) is 30.3 Å². The molecule has 0 unspecified atom stereocenters. The predicted molar refractivity (Wildman–Crippen MR) is 115 cm³/mol. The normalized spacial score (nSPS) is 11.1. The van der Waals surface area contributed by atoms with Crippen LogP contribution in [0.1, 0.15) is 6.92 Å². The van der Waals surface area contributed by atoms with Gasteiger partial charge >= 0.3 is 0 Å². The average Bonchev–Trinajstić information content (AvgIpc) is 3.22. The molecule has 0 aliphatic carbocycles. The van der Waals surface area contributed by atoms with E-state index >= 15 is 0 Å². The summed E-state index contributed by atoms with van der Waals surface area (Å²) in [4.78, 5) is 12.4. The number of halogens is 2. The molecular formula is C21H18F2N4O2S. The molecule has 0 radical (unpaired) electrons. The van der Waals surface area contributed by atoms with Crippen molar-refractivity contribution >= 4 is 28.5 Å². The molecule has 30 heavy (non-hydrogen) atoms. The van der Waals surface area contributed by atoms with Gasteiger partial charge < -0.3 is 14.0 Å². The molecule has 4 aromatic rings. The number of nitrogens with zero attached hydrogens (tertiary/aromatic N) is 2. The van der Waals surface area contributed by atoms with Gasteiger partial charge in [-0.2, -0.15) is 5.10 Å². The average molecular weight is 428 g/mol. The maximum Gasteiger partial charge on any atom is 0.261 e. The Labute approximate surface area is 175 Å². The van der Waals surface area contributed by atoms with Crippen LogP contribution in [-0.2, 0) is 7.05 Å². The third-order valence-electron chi connectivity index (χ3n) is 4.50. The van der Waals surface area contributed by atoms with E-state index in [0.717, 1.165) is 23.6 Å². The highest BCUT2D eigenvalue weighted by Crippen LogP contribution is 2.38. The van der Waals surface area contributed by atoms with Crippen LogP contribution in [0.2, 0.25) is 0 Å². The van der Waals surface area contributed by atoms with E-state index in [1.165, 1.54) is 28.8 Å². The third-order valence-corrected chi connectivity index (χ3v) is 5.17. The monoisotopic (exact) mass is 428 g/mol. The summed E-state index contributed by atoms with van der Waals surface area (Å²) in [6.07, 6.45) is 3.14. The van der Waals surface area contributed by atoms with Crippen molar-refractivity contribution in [1.29, 1.82) is 0 Å². The van der Waals surface area contributed by atoms with E-state index in [1.54, 1.807) is 25.4 Å². The van der Waals surface area contributed by atoms with Gasteiger partial charge in [-0.1, -0.05) is 18.9 Å². The lowest BCUT2D eigenvalue weighted by atomic mass is 10.0. The molecule has 0 spiro atoms. The van der Waals surface area contributed by atoms with Gasteiger partial charge in [0.05, 0.1) is 17.1 Å². The van der Waals surface area contributed by atoms with Crippen molar-refractivity contribution in [3.8, 4) is 22.6 Å². The van der Waals surface area contributed by atoms with E-state index in [-0.39, 0.29) is 11.3 Å². The van der Waals surface area contributed by atoms with Crippen LogP contribution in [0.25, 0.3) is 22.0 Å². The van der Waals surface area contributed by atoms with Gasteiger partial charge in [-0.3, -0.25) is 9.89 Å². The van der Waals surface area contributed by atoms with Crippen molar-refractivity contribution in [2.24, 2.45) is 7.05 Å². The molecule has 2 heterocycles. The number of aryl methyl sites for hydroxylation is 1. The van der Waals surface area contributed by atoms with Crippen LogP contribution >= 0.6 is 11.9 Å². The quantitative estimate of drug-likeness (QED) is 0.419. The smallest absolute Gasteiger partial charge is 0.261 e. The van der Waals surface area contributed by atoms with Gasteiger partial charge in [0.2, 0.25) is 0 Å². The molecule has 0 saturated heterocycles. The number of rotatable bonds is 6. The second-order valence-corrected chi connectivity index (χ2v) is 7.61. The molecule has 4 rings (SSSR count). The lowest BCUT2D eigenvalue weighted by Gasteiger charge is -2.15. The Hall–Kier alpha value is -3.33. The van der Waals surface area contributed by atoms with E-state index < -0.39 is 11.6 Å². The lowest BCUT2D eigenvalue weighted by Crippen LogP contribution is -2.16. The highest BCUT2D eigenvalue weighted by molar-refractivity contribution is 8.00. The molecule has 2 N–H and O–H groups in total. The van der Waals surface area contributed by atoms with Crippen LogP contribution in [0.15, 0.2) is 53.6 Å². The first-order valence-corrected chi connectivity index (χ1v) is 10.1. The summed E-state index contributed by atoms with van der Waals surface area (Å²) in [7, 11) is 1.65. The first-order valence-electron chi connectivity index (χ1n) is 9.15. The number of fused-ring (bicyclic) bond motifs is 1. The molecule has 2 aromatic carbocycles. The molecule has 0 fully saturated rings. The van der Waals surface area contributed by atoms with Crippen molar-refractivity contribution in [2.75, 3.05) is 10.5 Å². The van der Waals surface area contributed by atoms with Gasteiger partial charge in [-0.15, -0.1) is 0 Å². The molecular weight excluding hydrogens is 410 g/mol. The van der Waals surface area contributed by atoms with E-state index in [2.05, 4.69) is 14.9 Å². The zero-order valence-electron chi connectivity index (χ0n) is 16.2. The number of nitrogens with one attached hydrogen (secondary N) is 2. The highest BCUT2D eigenvalue weighted by atomic mass is 32.2. The number of H-pyrrole nitrogens is 1. The molecule has 154 valence electrons. The molecule has 9 heteroatoms. The summed E-state index contributed by atoms with van der Waals surface area (Å²) in [6, 6.07) is 8.48. The van der Waals surface area contributed by atoms with Crippen LogP contribution < -0.4 is 15.0 Å². The fraction of sp³-hybridized carbons (Fsp3) is 0.143. The lowest BCUT2D eigenvalue weighted by molar-refractivity contribution is 0.439. The molecule has 0 saturated carbocycles. The van der Waals surface area contributed by atoms with Gasteiger partial charge in [0.15, 0.2) is 11.6 Å². The maximum atomic E-state index is 14.2. The van der Waals surface area contributed by atoms with Crippen molar-refractivity contribution in [2.45, 2.75) is 6.92 Å². The third kappa shape index (κ3) is 3.76. The molecule has 0 atom stereocenters. The number of benzene rings is 2. The Bertz CT molecular complexity index is 1290. The van der Waals surface area contributed by atoms with Crippen molar-refractivity contribution in [1.82, 2.24) is 14.8 Å². The van der Waals surface area contributed by atoms with Gasteiger partial charge in [0.1, 0.15) is 11.6 Å². The van der Waals surface area contributed by atoms with Crippen LogP contribution in [0, 0.1) is 11.6 Å². The Morgan fingerprint density at radius 1 is 1.17 bits per heavy atom. The fourth-order valence-corrected chi connectivity index (χ4v) is 3.53. The first-order chi connectivity index (χ1) is 14.5. The summed E-state index contributed by atoms with van der Waals surface area (Å²) in [5.41, 5.74) is 2.44. The minimum atomic E-state index is -0.808. The SMILES string of the molecule is CCSNc1ccc(Oc2ccc(F)cc2F)c(-c2cn(C)c(=O)c3cn[nH]c23)c1. The molecule has 0 amide bonds. The zero-order valence-corrected chi connectivity index (χ0v) is 17.0. The Kier molecular flexibility index (Phi) is 5.45. The minimum absolute atomic E-state index is 0.105. The first kappa shape index (κ1) is 20.0. The fourth-order valence-electron chi connectivity index (χ4n) is 3.09. The molecule has 0 bridgehead atoms. The Morgan fingerprint density at radius 3 is 2.73 bits per heavy atom. The summed E-state index contributed by atoms with van der Waals surface area (Å²) in [5.74, 6) is -0.390. The summed E-state index contributed by atoms with van der Waals surface area (Å²) >= 11 is 1.52. The van der Waals surface area contributed by atoms with Crippen molar-refractivity contribution in [3.05, 3.63) is 70.8 Å². The summed E-state index contributed by atoms with van der Waals surface area (Å²) in [6.45, 7) is 2.02. The highest BCUT2D eigenvalue weighted by Gasteiger charge is 2.17. The molecule has 0 aliphatic heterocycles. The number of aromatic nitrogens is 3. The van der Waals surface area contributed by atoms with Gasteiger partial charge in [0, 0.05) is 41.9 Å². The van der Waals surface area contributed by atoms with Crippen LogP contribution in [0.5, 0.6) is 11.5 Å². The Balaban J connectivity index is 1.89. The van der Waals surface area contributed by atoms with Crippen LogP contribution in [-0.4, -0.2) is 20.5 Å². The number of hydrogen-bond acceptors (Lipinski definition) is 5. The van der Waals surface area contributed by atoms with E-state index in [1.807, 2.05) is 13.0 Å². The number of pyridine rings is 1. The van der Waals surface area contributed by atoms with E-state index in [0.29, 0.717) is 27.8 Å². The number of anilines is 1. The maximum absolute atomic E-state index is 14.2. The summed E-state index contributed by atoms with van der Waals surface area (Å²) < 4.78 is 38.0. The zero-order chi connectivity index (χ0) is 21.3. The minimum Gasteiger partial charge on any atom is -0.454 e. The largest absolute Gasteiger partial charge is 0.454 e. The van der Waals surface area contributed by atoms with E-state index in [4.69, 9.17) is 4.74 Å². The van der Waals surface area contributed by atoms with Crippen LogP contribution in [0.4, 0.5) is 14.5 Å². The van der Waals surface area contributed by atoms with Gasteiger partial charge in [0.25, 0.3) is 5.56 Å². The van der Waals surface area contributed by atoms with Gasteiger partial charge in [-0.25, -0.2) is 8.78 Å². The molecule has 0 aliphatic rings. The topological polar surface area (TPSA) is 71.9 Å². The van der Waals surface area contributed by atoms with Crippen molar-refractivity contribution < 1.29 is 13.5 Å². The number of ether oxygens (including phenoxy) is 1. The predicted octanol–water partition coefficient (Wildman–Crippen LogP) is 5.08. The number of hydrogen-bond donors (Lipinski definition) is 2. The second kappa shape index (κ2) is 8.19. The van der Waals surface area contributed by atoms with Crippen LogP contribution in [0.3, 0.4) is 0 Å². The number of aromatic amines is 1. The van der Waals surface area contributed by atoms with E-state index in [9.17, 15) is 13.6 Å². The Morgan fingerprint density at radius 2 is 1.97 bits per heavy atom. The van der Waals surface area contributed by atoms with Crippen molar-refractivity contribution in [3.63, 3.8) is 0 Å². The molecule has 2 aromatic heterocycles. The second-order valence-electron chi connectivity index (χ2n) is 6.54. The summed E-state index contributed by atoms with van der Waals surface area (Å²) in [5, 5.41) is 7.28. The standard InChI is InChI=1S/C21H18F2N4O2S/c1-3-30-26-13-5-7-18(29-19-6-4-12(22)8-17(19)23)14(9-13)16-11-27(2)21(28)15-10-24-25-20(15)16/h4-11,26H,3H2,1-2H3,(H,24,25). The molecule has 6 nitrogen and oxygen atoms in total.